The molecule has 0 saturated heterocycles. The first-order chi connectivity index (χ1) is 12.5. The smallest absolute Gasteiger partial charge is 0.330 e. The van der Waals surface area contributed by atoms with Gasteiger partial charge in [0.25, 0.3) is 0 Å². The van der Waals surface area contributed by atoms with Crippen molar-refractivity contribution in [3.05, 3.63) is 34.6 Å². The van der Waals surface area contributed by atoms with Gasteiger partial charge in [0, 0.05) is 6.04 Å². The van der Waals surface area contributed by atoms with Crippen LogP contribution in [0, 0.1) is 0 Å². The van der Waals surface area contributed by atoms with Crippen LogP contribution in [0.2, 0.25) is 0 Å². The number of anilines is 2. The lowest BCUT2D eigenvalue weighted by Gasteiger charge is -2.16. The molecule has 1 aliphatic carbocycles. The van der Waals surface area contributed by atoms with Gasteiger partial charge in [-0.25, -0.2) is 15.6 Å². The van der Waals surface area contributed by atoms with E-state index >= 15 is 0 Å². The summed E-state index contributed by atoms with van der Waals surface area (Å²) in [6.07, 6.45) is 2.99. The van der Waals surface area contributed by atoms with E-state index in [9.17, 15) is 14.7 Å². The van der Waals surface area contributed by atoms with Gasteiger partial charge in [-0.15, -0.1) is 0 Å². The van der Waals surface area contributed by atoms with E-state index in [4.69, 9.17) is 16.0 Å². The van der Waals surface area contributed by atoms with Gasteiger partial charge in [-0.05, 0) is 25.0 Å². The van der Waals surface area contributed by atoms with Crippen molar-refractivity contribution in [1.82, 2.24) is 19.1 Å². The van der Waals surface area contributed by atoms with Crippen molar-refractivity contribution in [2.75, 3.05) is 17.3 Å². The average Bonchev–Trinajstić information content (AvgIpc) is 3.22. The van der Waals surface area contributed by atoms with Crippen LogP contribution >= 0.6 is 0 Å². The lowest BCUT2D eigenvalue weighted by Crippen LogP contribution is -2.38. The number of imidazole rings is 1. The first kappa shape index (κ1) is 16.3. The number of rotatable bonds is 5. The molecule has 0 unspecified atom stereocenters. The Labute approximate surface area is 146 Å². The standard InChI is InChI=1S/C15H17N7O4/c16-14-18-11-10(21(8-3-4-8)15(25)20(11)5-6-23)12(19-14)22(17)13(24)9-2-1-7-26-9/h1-2,7-8,23H,3-6,17H2,(H2,16,18,19). The molecule has 0 radical (unpaired) electrons. The number of hydrogen-bond acceptors (Lipinski definition) is 8. The summed E-state index contributed by atoms with van der Waals surface area (Å²) < 4.78 is 7.90. The van der Waals surface area contributed by atoms with Crippen LogP contribution < -0.4 is 22.3 Å². The molecule has 3 aromatic heterocycles. The van der Waals surface area contributed by atoms with Gasteiger partial charge in [0.05, 0.1) is 19.4 Å². The number of hydrogen-bond donors (Lipinski definition) is 3. The lowest BCUT2D eigenvalue weighted by atomic mass is 10.3. The number of carbonyl (C=O) groups excluding carboxylic acids is 1. The monoisotopic (exact) mass is 359 g/mol. The Morgan fingerprint density at radius 3 is 2.81 bits per heavy atom. The molecular formula is C15H17N7O4. The zero-order chi connectivity index (χ0) is 18.4. The predicted octanol–water partition coefficient (Wildman–Crippen LogP) is -0.384. The predicted molar refractivity (Wildman–Crippen MR) is 91.3 cm³/mol. The third-order valence-electron chi connectivity index (χ3n) is 4.21. The highest BCUT2D eigenvalue weighted by molar-refractivity contribution is 6.06. The summed E-state index contributed by atoms with van der Waals surface area (Å²) in [5, 5.41) is 10.1. The molecule has 0 bridgehead atoms. The molecule has 1 amide bonds. The fourth-order valence-corrected chi connectivity index (χ4v) is 2.92. The van der Waals surface area contributed by atoms with Crippen molar-refractivity contribution >= 4 is 28.8 Å². The van der Waals surface area contributed by atoms with Gasteiger partial charge >= 0.3 is 11.6 Å². The Bertz CT molecular complexity index is 1030. The normalized spacial score (nSPS) is 14.1. The number of nitrogen functional groups attached to an aromatic ring is 1. The number of aromatic nitrogens is 4. The highest BCUT2D eigenvalue weighted by atomic mass is 16.3. The number of aliphatic hydroxyl groups is 1. The fourth-order valence-electron chi connectivity index (χ4n) is 2.92. The number of hydrazine groups is 1. The molecule has 11 nitrogen and oxygen atoms in total. The van der Waals surface area contributed by atoms with Crippen LogP contribution in [0.4, 0.5) is 11.8 Å². The number of carbonyl (C=O) groups is 1. The maximum Gasteiger partial charge on any atom is 0.330 e. The van der Waals surface area contributed by atoms with Gasteiger partial charge in [-0.2, -0.15) is 9.97 Å². The van der Waals surface area contributed by atoms with Crippen molar-refractivity contribution in [2.45, 2.75) is 25.4 Å². The van der Waals surface area contributed by atoms with Crippen molar-refractivity contribution < 1.29 is 14.3 Å². The maximum atomic E-state index is 12.8. The summed E-state index contributed by atoms with van der Waals surface area (Å²) in [5.74, 6) is 5.24. The number of furan rings is 1. The van der Waals surface area contributed by atoms with Crippen molar-refractivity contribution in [3.8, 4) is 0 Å². The van der Waals surface area contributed by atoms with E-state index in [0.29, 0.717) is 5.52 Å². The molecule has 1 aliphatic rings. The molecule has 3 heterocycles. The highest BCUT2D eigenvalue weighted by Crippen LogP contribution is 2.38. The van der Waals surface area contributed by atoms with Crippen LogP contribution in [0.3, 0.4) is 0 Å². The molecule has 3 aromatic rings. The molecule has 26 heavy (non-hydrogen) atoms. The second-order valence-electron chi connectivity index (χ2n) is 5.99. The van der Waals surface area contributed by atoms with Crippen LogP contribution in [0.25, 0.3) is 11.2 Å². The zero-order valence-corrected chi connectivity index (χ0v) is 13.7. The lowest BCUT2D eigenvalue weighted by molar-refractivity contribution is 0.0959. The van der Waals surface area contributed by atoms with Crippen LogP contribution in [-0.2, 0) is 6.54 Å². The van der Waals surface area contributed by atoms with E-state index in [1.807, 2.05) is 0 Å². The molecule has 1 saturated carbocycles. The Morgan fingerprint density at radius 1 is 1.42 bits per heavy atom. The molecule has 0 aliphatic heterocycles. The topological polar surface area (TPSA) is 158 Å². The first-order valence-electron chi connectivity index (χ1n) is 8.04. The van der Waals surface area contributed by atoms with Gasteiger partial charge in [0.2, 0.25) is 5.95 Å². The van der Waals surface area contributed by atoms with E-state index in [1.165, 1.54) is 21.5 Å². The zero-order valence-electron chi connectivity index (χ0n) is 13.7. The molecule has 4 rings (SSSR count). The van der Waals surface area contributed by atoms with E-state index in [1.54, 1.807) is 6.07 Å². The van der Waals surface area contributed by atoms with E-state index in [-0.39, 0.29) is 48.1 Å². The summed E-state index contributed by atoms with van der Waals surface area (Å²) in [4.78, 5) is 33.6. The molecule has 5 N–H and O–H groups in total. The van der Waals surface area contributed by atoms with Gasteiger partial charge < -0.3 is 15.3 Å². The van der Waals surface area contributed by atoms with Gasteiger partial charge in [-0.1, -0.05) is 0 Å². The SMILES string of the molecule is Nc1nc(N(N)C(=O)c2ccco2)c2c(n1)n(CCO)c(=O)n2C1CC1. The third kappa shape index (κ3) is 2.45. The van der Waals surface area contributed by atoms with Crippen LogP contribution in [0.5, 0.6) is 0 Å². The Balaban J connectivity index is 1.96. The van der Waals surface area contributed by atoms with E-state index < -0.39 is 5.91 Å². The Kier molecular flexibility index (Phi) is 3.74. The molecule has 0 aromatic carbocycles. The van der Waals surface area contributed by atoms with Crippen LogP contribution in [0.15, 0.2) is 27.6 Å². The van der Waals surface area contributed by atoms with Crippen molar-refractivity contribution in [3.63, 3.8) is 0 Å². The van der Waals surface area contributed by atoms with Crippen LogP contribution in [0.1, 0.15) is 29.4 Å². The summed E-state index contributed by atoms with van der Waals surface area (Å²) in [6, 6.07) is 3.00. The molecule has 11 heteroatoms. The van der Waals surface area contributed by atoms with Gasteiger partial charge in [0.1, 0.15) is 5.52 Å². The van der Waals surface area contributed by atoms with Gasteiger partial charge in [-0.3, -0.25) is 13.9 Å². The minimum atomic E-state index is -0.640. The summed E-state index contributed by atoms with van der Waals surface area (Å²) in [7, 11) is 0. The minimum Gasteiger partial charge on any atom is -0.459 e. The Hall–Kier alpha value is -3.18. The summed E-state index contributed by atoms with van der Waals surface area (Å²) in [6.45, 7) is -0.206. The average molecular weight is 359 g/mol. The number of aliphatic hydroxyl groups excluding tert-OH is 1. The van der Waals surface area contributed by atoms with Crippen molar-refractivity contribution in [2.24, 2.45) is 5.84 Å². The largest absolute Gasteiger partial charge is 0.459 e. The van der Waals surface area contributed by atoms with Crippen LogP contribution in [-0.4, -0.2) is 36.7 Å². The quantitative estimate of drug-likeness (QED) is 0.316. The number of nitrogens with zero attached hydrogens (tertiary/aromatic N) is 5. The second kappa shape index (κ2) is 5.97. The maximum absolute atomic E-state index is 12.8. The van der Waals surface area contributed by atoms with E-state index in [0.717, 1.165) is 17.9 Å². The molecular weight excluding hydrogens is 342 g/mol. The molecule has 1 fully saturated rings. The van der Waals surface area contributed by atoms with Crippen molar-refractivity contribution in [1.29, 1.82) is 0 Å². The highest BCUT2D eigenvalue weighted by Gasteiger charge is 2.33. The second-order valence-corrected chi connectivity index (χ2v) is 5.99. The molecule has 0 spiro atoms. The van der Waals surface area contributed by atoms with Gasteiger partial charge in [0.15, 0.2) is 17.2 Å². The Morgan fingerprint density at radius 2 is 2.19 bits per heavy atom. The van der Waals surface area contributed by atoms with E-state index in [2.05, 4.69) is 9.97 Å². The number of fused-ring (bicyclic) bond motifs is 1. The summed E-state index contributed by atoms with van der Waals surface area (Å²) >= 11 is 0. The molecule has 136 valence electrons. The summed E-state index contributed by atoms with van der Waals surface area (Å²) in [5.41, 5.74) is 5.95. The first-order valence-corrected chi connectivity index (χ1v) is 8.04. The number of nitrogens with two attached hydrogens (primary N) is 2. The molecule has 0 atom stereocenters. The third-order valence-corrected chi connectivity index (χ3v) is 4.21. The number of amides is 1. The minimum absolute atomic E-state index is 0.00888. The fraction of sp³-hybridized carbons (Fsp3) is 0.333.